The molecular weight excluding hydrogens is 324 g/mol. The van der Waals surface area contributed by atoms with Crippen molar-refractivity contribution in [1.29, 1.82) is 0 Å². The van der Waals surface area contributed by atoms with Crippen LogP contribution in [0, 0.1) is 5.82 Å². The van der Waals surface area contributed by atoms with E-state index in [0.717, 1.165) is 16.8 Å². The molecule has 0 aliphatic heterocycles. The zero-order chi connectivity index (χ0) is 17.3. The minimum absolute atomic E-state index is 0.0913. The molecule has 0 aliphatic carbocycles. The maximum absolute atomic E-state index is 13.0. The van der Waals surface area contributed by atoms with Gasteiger partial charge in [-0.2, -0.15) is 18.3 Å². The Balaban J connectivity index is 2.08. The van der Waals surface area contributed by atoms with Crippen molar-refractivity contribution in [3.05, 3.63) is 71.7 Å². The van der Waals surface area contributed by atoms with Crippen LogP contribution < -0.4 is 0 Å². The predicted octanol–water partition coefficient (Wildman–Crippen LogP) is 4.51. The summed E-state index contributed by atoms with van der Waals surface area (Å²) in [5, 5.41) is 4.17. The first kappa shape index (κ1) is 15.9. The Hall–Kier alpha value is -2.96. The Bertz CT molecular complexity index is 882. The zero-order valence-corrected chi connectivity index (χ0v) is 12.1. The predicted molar refractivity (Wildman–Crippen MR) is 79.3 cm³/mol. The number of carbonyl (C=O) groups excluding carboxylic acids is 1. The number of rotatable bonds is 3. The second kappa shape index (κ2) is 5.92. The third-order valence-electron chi connectivity index (χ3n) is 3.42. The summed E-state index contributed by atoms with van der Waals surface area (Å²) in [6, 6.07) is 11.4. The molecule has 0 unspecified atom stereocenters. The van der Waals surface area contributed by atoms with Crippen LogP contribution in [0.2, 0.25) is 0 Å². The van der Waals surface area contributed by atoms with Crippen LogP contribution in [-0.2, 0) is 6.18 Å². The van der Waals surface area contributed by atoms with Gasteiger partial charge in [0, 0.05) is 5.56 Å². The van der Waals surface area contributed by atoms with Gasteiger partial charge in [-0.15, -0.1) is 0 Å². The highest BCUT2D eigenvalue weighted by molar-refractivity contribution is 5.77. The van der Waals surface area contributed by atoms with Crippen LogP contribution in [0.25, 0.3) is 16.9 Å². The molecule has 7 heteroatoms. The molecule has 0 aliphatic rings. The van der Waals surface area contributed by atoms with E-state index < -0.39 is 17.6 Å². The summed E-state index contributed by atoms with van der Waals surface area (Å²) in [6.07, 6.45) is -4.00. The Morgan fingerprint density at radius 3 is 2.33 bits per heavy atom. The molecule has 3 nitrogen and oxygen atoms in total. The number of benzene rings is 2. The number of aromatic nitrogens is 2. The molecule has 3 aromatic rings. The molecule has 0 saturated carbocycles. The summed E-state index contributed by atoms with van der Waals surface area (Å²) in [7, 11) is 0. The molecule has 0 bridgehead atoms. The van der Waals surface area contributed by atoms with Gasteiger partial charge in [-0.25, -0.2) is 9.07 Å². The summed E-state index contributed by atoms with van der Waals surface area (Å²) in [5.41, 5.74) is 0.268. The lowest BCUT2D eigenvalue weighted by Crippen LogP contribution is -2.07. The van der Waals surface area contributed by atoms with Crippen molar-refractivity contribution in [3.63, 3.8) is 0 Å². The van der Waals surface area contributed by atoms with Gasteiger partial charge in [0.05, 0.1) is 16.9 Å². The molecule has 24 heavy (non-hydrogen) atoms. The average molecular weight is 334 g/mol. The van der Waals surface area contributed by atoms with Crippen LogP contribution >= 0.6 is 0 Å². The maximum Gasteiger partial charge on any atom is 0.416 e. The molecule has 2 aromatic carbocycles. The normalized spacial score (nSPS) is 11.5. The zero-order valence-electron chi connectivity index (χ0n) is 12.1. The van der Waals surface area contributed by atoms with Crippen molar-refractivity contribution >= 4 is 6.29 Å². The lowest BCUT2D eigenvalue weighted by atomic mass is 10.1. The smallest absolute Gasteiger partial charge is 0.296 e. The van der Waals surface area contributed by atoms with E-state index in [-0.39, 0.29) is 11.4 Å². The molecule has 0 saturated heterocycles. The van der Waals surface area contributed by atoms with Gasteiger partial charge in [0.2, 0.25) is 0 Å². The molecule has 0 N–H and O–H groups in total. The Kier molecular flexibility index (Phi) is 3.92. The van der Waals surface area contributed by atoms with Crippen LogP contribution in [0.15, 0.2) is 54.6 Å². The molecule has 0 radical (unpaired) electrons. The van der Waals surface area contributed by atoms with Gasteiger partial charge < -0.3 is 0 Å². The maximum atomic E-state index is 13.0. The summed E-state index contributed by atoms with van der Waals surface area (Å²) in [6.45, 7) is 0. The van der Waals surface area contributed by atoms with E-state index in [1.807, 2.05) is 0 Å². The quantitative estimate of drug-likeness (QED) is 0.522. The third kappa shape index (κ3) is 3.05. The van der Waals surface area contributed by atoms with Gasteiger partial charge >= 0.3 is 6.18 Å². The number of hydrogen-bond acceptors (Lipinski definition) is 2. The van der Waals surface area contributed by atoms with Crippen LogP contribution in [0.4, 0.5) is 17.6 Å². The average Bonchev–Trinajstić information content (AvgIpc) is 2.99. The third-order valence-corrected chi connectivity index (χ3v) is 3.42. The topological polar surface area (TPSA) is 34.9 Å². The molecule has 1 aromatic heterocycles. The number of aldehydes is 1. The van der Waals surface area contributed by atoms with Gasteiger partial charge in [-0.05, 0) is 48.5 Å². The number of carbonyl (C=O) groups is 1. The molecule has 0 atom stereocenters. The van der Waals surface area contributed by atoms with E-state index in [4.69, 9.17) is 0 Å². The Labute approximate surface area is 134 Å². The minimum Gasteiger partial charge on any atom is -0.296 e. The molecule has 0 spiro atoms. The van der Waals surface area contributed by atoms with Gasteiger partial charge in [-0.1, -0.05) is 6.07 Å². The highest BCUT2D eigenvalue weighted by Gasteiger charge is 2.30. The van der Waals surface area contributed by atoms with E-state index >= 15 is 0 Å². The summed E-state index contributed by atoms with van der Waals surface area (Å²) in [5.74, 6) is -0.424. The Morgan fingerprint density at radius 1 is 1.00 bits per heavy atom. The van der Waals surface area contributed by atoms with Crippen molar-refractivity contribution in [3.8, 4) is 16.9 Å². The molecule has 122 valence electrons. The van der Waals surface area contributed by atoms with Crippen LogP contribution in [0.3, 0.4) is 0 Å². The first-order valence-corrected chi connectivity index (χ1v) is 6.87. The van der Waals surface area contributed by atoms with Gasteiger partial charge in [0.15, 0.2) is 6.29 Å². The van der Waals surface area contributed by atoms with Crippen molar-refractivity contribution in [2.24, 2.45) is 0 Å². The minimum atomic E-state index is -4.50. The van der Waals surface area contributed by atoms with Crippen molar-refractivity contribution in [2.45, 2.75) is 6.18 Å². The van der Waals surface area contributed by atoms with Crippen molar-refractivity contribution in [2.75, 3.05) is 0 Å². The molecule has 0 fully saturated rings. The number of halogens is 4. The lowest BCUT2D eigenvalue weighted by molar-refractivity contribution is -0.137. The molecule has 3 rings (SSSR count). The molecule has 1 heterocycles. The van der Waals surface area contributed by atoms with Crippen LogP contribution in [0.5, 0.6) is 0 Å². The SMILES string of the molecule is O=Cc1cc(-c2ccc(F)cc2)nn1-c1cccc(C(F)(F)F)c1. The standard InChI is InChI=1S/C17H10F4N2O/c18-13-6-4-11(5-7-13)16-9-15(10-24)23(22-16)14-3-1-2-12(8-14)17(19,20)21/h1-10H. The number of nitrogens with zero attached hydrogens (tertiary/aromatic N) is 2. The first-order chi connectivity index (χ1) is 11.4. The van der Waals surface area contributed by atoms with E-state index in [9.17, 15) is 22.4 Å². The van der Waals surface area contributed by atoms with Gasteiger partial charge in [0.25, 0.3) is 0 Å². The fourth-order valence-electron chi connectivity index (χ4n) is 2.26. The van der Waals surface area contributed by atoms with Crippen LogP contribution in [-0.4, -0.2) is 16.1 Å². The number of alkyl halides is 3. The largest absolute Gasteiger partial charge is 0.416 e. The summed E-state index contributed by atoms with van der Waals surface area (Å²) < 4.78 is 52.6. The Morgan fingerprint density at radius 2 is 1.71 bits per heavy atom. The van der Waals surface area contributed by atoms with Crippen molar-refractivity contribution in [1.82, 2.24) is 9.78 Å². The van der Waals surface area contributed by atoms with E-state index in [1.54, 1.807) is 0 Å². The fourth-order valence-corrected chi connectivity index (χ4v) is 2.26. The highest BCUT2D eigenvalue weighted by atomic mass is 19.4. The second-order valence-electron chi connectivity index (χ2n) is 5.04. The van der Waals surface area contributed by atoms with Crippen molar-refractivity contribution < 1.29 is 22.4 Å². The summed E-state index contributed by atoms with van der Waals surface area (Å²) in [4.78, 5) is 11.2. The fraction of sp³-hybridized carbons (Fsp3) is 0.0588. The van der Waals surface area contributed by atoms with Gasteiger partial charge in [0.1, 0.15) is 11.5 Å². The monoisotopic (exact) mass is 334 g/mol. The first-order valence-electron chi connectivity index (χ1n) is 6.87. The number of hydrogen-bond donors (Lipinski definition) is 0. The van der Waals surface area contributed by atoms with E-state index in [0.29, 0.717) is 17.5 Å². The van der Waals surface area contributed by atoms with E-state index in [1.165, 1.54) is 42.5 Å². The van der Waals surface area contributed by atoms with E-state index in [2.05, 4.69) is 5.10 Å². The molecular formula is C17H10F4N2O. The van der Waals surface area contributed by atoms with Crippen LogP contribution in [0.1, 0.15) is 16.1 Å². The second-order valence-corrected chi connectivity index (χ2v) is 5.04. The molecule has 0 amide bonds. The van der Waals surface area contributed by atoms with Gasteiger partial charge in [-0.3, -0.25) is 4.79 Å². The highest BCUT2D eigenvalue weighted by Crippen LogP contribution is 2.31. The lowest BCUT2D eigenvalue weighted by Gasteiger charge is -2.09. The summed E-state index contributed by atoms with van der Waals surface area (Å²) >= 11 is 0.